The lowest BCUT2D eigenvalue weighted by Crippen LogP contribution is -2.21. The summed E-state index contributed by atoms with van der Waals surface area (Å²) in [6.07, 6.45) is 3.50. The topological polar surface area (TPSA) is 218 Å². The Hall–Kier alpha value is -6.92. The van der Waals surface area contributed by atoms with Gasteiger partial charge in [-0.15, -0.1) is 0 Å². The summed E-state index contributed by atoms with van der Waals surface area (Å²) in [5.41, 5.74) is 5.63. The molecule has 18 heteroatoms. The number of hydrogen-bond acceptors (Lipinski definition) is 14. The minimum absolute atomic E-state index is 0.0433. The Morgan fingerprint density at radius 3 is 1.64 bits per heavy atom. The molecule has 0 saturated heterocycles. The summed E-state index contributed by atoms with van der Waals surface area (Å²) in [5.74, 6) is -1.29. The molecular weight excluding hydrogens is 745 g/mol. The molecule has 278 valence electrons. The number of nitrogens with zero attached hydrogens (tertiary/aromatic N) is 4. The lowest BCUT2D eigenvalue weighted by molar-refractivity contribution is -0.115. The van der Waals surface area contributed by atoms with Gasteiger partial charge in [0.1, 0.15) is 0 Å². The molecule has 0 aliphatic rings. The molecule has 0 unspecified atom stereocenters. The number of amides is 2. The normalized spacial score (nSPS) is 10.9. The molecule has 4 aromatic heterocycles. The fraction of sp³-hybridized carbons (Fsp3) is 0.135. The average Bonchev–Trinajstić information content (AvgIpc) is 4.02. The number of methoxy groups -OCH3 is 1. The number of thiazole rings is 2. The molecule has 6 N–H and O–H groups in total. The first kappa shape index (κ1) is 36.4. The summed E-state index contributed by atoms with van der Waals surface area (Å²) in [4.78, 5) is 56.8. The van der Waals surface area contributed by atoms with Crippen LogP contribution in [-0.2, 0) is 19.1 Å². The Bertz CT molecular complexity index is 2680. The van der Waals surface area contributed by atoms with Gasteiger partial charge in [-0.25, -0.2) is 19.6 Å². The Morgan fingerprint density at radius 1 is 0.673 bits per heavy atom. The lowest BCUT2D eigenvalue weighted by Gasteiger charge is -2.08. The molecule has 8 aromatic rings. The SMILES string of the molecule is CCOC(=O)c1cccc(NCC(=O)Nc2nc3ccc4[nH]ncc4c3s2)c1.COC(=O)c1cccc(NCC(=O)Nc2nc3ccc4[nH]ncc4c3s2)c1. The predicted molar refractivity (Wildman–Crippen MR) is 213 cm³/mol. The zero-order chi connectivity index (χ0) is 38.3. The number of esters is 2. The largest absolute Gasteiger partial charge is 0.465 e. The summed E-state index contributed by atoms with van der Waals surface area (Å²) in [6, 6.07) is 21.2. The van der Waals surface area contributed by atoms with Gasteiger partial charge in [0.2, 0.25) is 11.8 Å². The van der Waals surface area contributed by atoms with E-state index in [1.807, 2.05) is 24.3 Å². The number of hydrogen-bond donors (Lipinski definition) is 6. The van der Waals surface area contributed by atoms with Gasteiger partial charge in [-0.2, -0.15) is 10.2 Å². The van der Waals surface area contributed by atoms with Crippen LogP contribution in [0.3, 0.4) is 0 Å². The standard InChI is InChI=1S/C19H17N5O3S.C18H15N5O3S/c1-2-27-18(26)11-4-3-5-12(8-11)20-10-16(25)23-19-22-15-7-6-14-13(9-21-24-14)17(15)28-19;1-26-17(25)10-3-2-4-11(7-10)19-9-15(24)22-18-21-14-6-5-13-12(8-20-23-13)16(14)27-18/h3-9,20H,2,10H2,1H3,(H,21,24)(H,22,23,25);2-8,19H,9H2,1H3,(H,20,23)(H,21,22,24). The number of benzene rings is 4. The molecule has 0 aliphatic heterocycles. The lowest BCUT2D eigenvalue weighted by atomic mass is 10.2. The Balaban J connectivity index is 0.000000169. The number of ether oxygens (including phenoxy) is 2. The highest BCUT2D eigenvalue weighted by Crippen LogP contribution is 2.33. The predicted octanol–water partition coefficient (Wildman–Crippen LogP) is 6.41. The van der Waals surface area contributed by atoms with E-state index in [4.69, 9.17) is 4.74 Å². The van der Waals surface area contributed by atoms with E-state index in [0.717, 1.165) is 42.2 Å². The van der Waals surface area contributed by atoms with E-state index in [1.54, 1.807) is 67.8 Å². The number of aromatic nitrogens is 6. The van der Waals surface area contributed by atoms with Crippen LogP contribution in [0.25, 0.3) is 42.2 Å². The van der Waals surface area contributed by atoms with Crippen molar-refractivity contribution < 1.29 is 28.7 Å². The summed E-state index contributed by atoms with van der Waals surface area (Å²) in [5, 5.41) is 28.5. The molecule has 0 fully saturated rings. The Labute approximate surface area is 319 Å². The zero-order valence-electron chi connectivity index (χ0n) is 29.3. The second-order valence-electron chi connectivity index (χ2n) is 11.7. The van der Waals surface area contributed by atoms with Crippen LogP contribution in [-0.4, -0.2) is 80.9 Å². The van der Waals surface area contributed by atoms with Gasteiger partial charge in [0.15, 0.2) is 10.3 Å². The Morgan fingerprint density at radius 2 is 1.16 bits per heavy atom. The summed E-state index contributed by atoms with van der Waals surface area (Å²) in [6.45, 7) is 2.15. The third kappa shape index (κ3) is 8.50. The van der Waals surface area contributed by atoms with Gasteiger partial charge in [0, 0.05) is 22.1 Å². The van der Waals surface area contributed by atoms with Crippen molar-refractivity contribution in [2.75, 3.05) is 48.1 Å². The maximum absolute atomic E-state index is 12.3. The van der Waals surface area contributed by atoms with Crippen molar-refractivity contribution in [2.45, 2.75) is 6.92 Å². The molecule has 2 amide bonds. The highest BCUT2D eigenvalue weighted by molar-refractivity contribution is 7.23. The number of rotatable bonds is 11. The quantitative estimate of drug-likeness (QED) is 0.0786. The minimum Gasteiger partial charge on any atom is -0.465 e. The molecule has 0 spiro atoms. The van der Waals surface area contributed by atoms with Gasteiger partial charge in [0.05, 0.1) is 81.8 Å². The first-order chi connectivity index (χ1) is 26.8. The fourth-order valence-electron chi connectivity index (χ4n) is 5.45. The molecule has 0 radical (unpaired) electrons. The molecular formula is C37H32N10O6S2. The van der Waals surface area contributed by atoms with Crippen LogP contribution in [0.15, 0.2) is 85.2 Å². The summed E-state index contributed by atoms with van der Waals surface area (Å²) < 4.78 is 11.6. The van der Waals surface area contributed by atoms with Crippen LogP contribution < -0.4 is 21.3 Å². The molecule has 4 aromatic carbocycles. The van der Waals surface area contributed by atoms with E-state index in [1.165, 1.54) is 29.8 Å². The van der Waals surface area contributed by atoms with E-state index < -0.39 is 11.9 Å². The smallest absolute Gasteiger partial charge is 0.338 e. The second kappa shape index (κ2) is 16.4. The highest BCUT2D eigenvalue weighted by atomic mass is 32.1. The van der Waals surface area contributed by atoms with E-state index in [2.05, 4.69) is 56.4 Å². The minimum atomic E-state index is -0.428. The number of nitrogens with one attached hydrogen (secondary N) is 6. The van der Waals surface area contributed by atoms with Crippen molar-refractivity contribution in [1.29, 1.82) is 0 Å². The van der Waals surface area contributed by atoms with E-state index >= 15 is 0 Å². The third-order valence-corrected chi connectivity index (χ3v) is 10.0. The summed E-state index contributed by atoms with van der Waals surface area (Å²) in [7, 11) is 1.32. The Kier molecular flexibility index (Phi) is 10.9. The van der Waals surface area contributed by atoms with Crippen LogP contribution in [0.5, 0.6) is 0 Å². The third-order valence-electron chi connectivity index (χ3n) is 8.01. The number of H-pyrrole nitrogens is 2. The molecule has 0 aliphatic carbocycles. The monoisotopic (exact) mass is 776 g/mol. The molecule has 0 atom stereocenters. The zero-order valence-corrected chi connectivity index (χ0v) is 30.9. The number of anilines is 4. The van der Waals surface area contributed by atoms with E-state index in [-0.39, 0.29) is 24.9 Å². The van der Waals surface area contributed by atoms with Crippen molar-refractivity contribution in [1.82, 2.24) is 30.4 Å². The number of carbonyl (C=O) groups is 4. The van der Waals surface area contributed by atoms with Crippen molar-refractivity contribution >= 4 is 110 Å². The van der Waals surface area contributed by atoms with Crippen molar-refractivity contribution in [2.24, 2.45) is 0 Å². The van der Waals surface area contributed by atoms with Crippen LogP contribution in [0, 0.1) is 0 Å². The average molecular weight is 777 g/mol. The number of fused-ring (bicyclic) bond motifs is 6. The molecule has 0 saturated carbocycles. The number of carbonyl (C=O) groups excluding carboxylic acids is 4. The molecule has 4 heterocycles. The highest BCUT2D eigenvalue weighted by Gasteiger charge is 2.14. The summed E-state index contributed by atoms with van der Waals surface area (Å²) >= 11 is 2.80. The van der Waals surface area contributed by atoms with Gasteiger partial charge >= 0.3 is 11.9 Å². The van der Waals surface area contributed by atoms with Gasteiger partial charge < -0.3 is 30.7 Å². The van der Waals surface area contributed by atoms with E-state index in [0.29, 0.717) is 39.4 Å². The van der Waals surface area contributed by atoms with Crippen LogP contribution in [0.1, 0.15) is 27.6 Å². The van der Waals surface area contributed by atoms with Crippen molar-refractivity contribution in [3.63, 3.8) is 0 Å². The van der Waals surface area contributed by atoms with Gasteiger partial charge in [0.25, 0.3) is 0 Å². The first-order valence-electron chi connectivity index (χ1n) is 16.8. The maximum Gasteiger partial charge on any atom is 0.338 e. The molecule has 0 bridgehead atoms. The van der Waals surface area contributed by atoms with Gasteiger partial charge in [-0.05, 0) is 67.6 Å². The van der Waals surface area contributed by atoms with Crippen LogP contribution in [0.2, 0.25) is 0 Å². The van der Waals surface area contributed by atoms with Gasteiger partial charge in [-0.3, -0.25) is 19.8 Å². The molecule has 16 nitrogen and oxygen atoms in total. The maximum atomic E-state index is 12.3. The van der Waals surface area contributed by atoms with Crippen LogP contribution >= 0.6 is 22.7 Å². The fourth-order valence-corrected chi connectivity index (χ4v) is 7.44. The molecule has 8 rings (SSSR count). The van der Waals surface area contributed by atoms with Crippen molar-refractivity contribution in [3.05, 3.63) is 96.3 Å². The van der Waals surface area contributed by atoms with Gasteiger partial charge in [-0.1, -0.05) is 34.8 Å². The number of aromatic amines is 2. The van der Waals surface area contributed by atoms with Crippen LogP contribution in [0.4, 0.5) is 21.6 Å². The van der Waals surface area contributed by atoms with E-state index in [9.17, 15) is 19.2 Å². The van der Waals surface area contributed by atoms with Crippen molar-refractivity contribution in [3.8, 4) is 0 Å². The second-order valence-corrected chi connectivity index (χ2v) is 13.7. The molecule has 55 heavy (non-hydrogen) atoms. The first-order valence-corrected chi connectivity index (χ1v) is 18.4.